The average molecular weight is 291 g/mol. The van der Waals surface area contributed by atoms with Crippen molar-refractivity contribution in [3.63, 3.8) is 0 Å². The van der Waals surface area contributed by atoms with Gasteiger partial charge in [0.1, 0.15) is 17.9 Å². The van der Waals surface area contributed by atoms with Crippen LogP contribution in [0.4, 0.5) is 5.82 Å². The fourth-order valence-corrected chi connectivity index (χ4v) is 2.30. The number of nitrogens with zero attached hydrogens (tertiary/aromatic N) is 5. The third-order valence-corrected chi connectivity index (χ3v) is 3.37. The number of pyridine rings is 1. The van der Waals surface area contributed by atoms with Crippen molar-refractivity contribution in [3.05, 3.63) is 17.1 Å². The molecule has 0 aliphatic heterocycles. The van der Waals surface area contributed by atoms with Crippen LogP contribution in [0.3, 0.4) is 0 Å². The number of fused-ring (bicyclic) bond motifs is 1. The first-order chi connectivity index (χ1) is 10.1. The van der Waals surface area contributed by atoms with Gasteiger partial charge in [-0.1, -0.05) is 5.22 Å². The van der Waals surface area contributed by atoms with E-state index in [0.717, 1.165) is 22.6 Å². The zero-order valence-electron chi connectivity index (χ0n) is 12.6. The molecule has 2 heterocycles. The molecule has 8 nitrogen and oxygen atoms in total. The van der Waals surface area contributed by atoms with E-state index in [0.29, 0.717) is 37.6 Å². The third-order valence-electron chi connectivity index (χ3n) is 3.37. The Morgan fingerprint density at radius 1 is 1.29 bits per heavy atom. The summed E-state index contributed by atoms with van der Waals surface area (Å²) in [5, 5.41) is 7.21. The second-order valence-corrected chi connectivity index (χ2v) is 4.66. The van der Waals surface area contributed by atoms with Gasteiger partial charge in [0.2, 0.25) is 5.82 Å². The molecule has 4 N–H and O–H groups in total. The van der Waals surface area contributed by atoms with Gasteiger partial charge < -0.3 is 20.9 Å². The van der Waals surface area contributed by atoms with Crippen LogP contribution in [-0.4, -0.2) is 27.7 Å². The quantitative estimate of drug-likeness (QED) is 0.475. The van der Waals surface area contributed by atoms with Crippen LogP contribution in [0.2, 0.25) is 0 Å². The summed E-state index contributed by atoms with van der Waals surface area (Å²) in [6.45, 7) is 8.09. The highest BCUT2D eigenvalue weighted by Gasteiger charge is 2.18. The first-order valence-electron chi connectivity index (χ1n) is 6.89. The fourth-order valence-electron chi connectivity index (χ4n) is 2.30. The first-order valence-corrected chi connectivity index (χ1v) is 6.89. The number of nitrogens with two attached hydrogens (primary N) is 2. The lowest BCUT2D eigenvalue weighted by Gasteiger charge is -2.10. The first kappa shape index (κ1) is 15.3. The van der Waals surface area contributed by atoms with Crippen molar-refractivity contribution < 1.29 is 4.74 Å². The smallest absolute Gasteiger partial charge is 0.204 e. The molecule has 0 atom stereocenters. The Morgan fingerprint density at radius 2 is 2.05 bits per heavy atom. The summed E-state index contributed by atoms with van der Waals surface area (Å²) < 4.78 is 7.54. The number of hydrogen-bond donors (Lipinski definition) is 2. The zero-order chi connectivity index (χ0) is 15.4. The maximum absolute atomic E-state index is 5.73. The lowest BCUT2D eigenvalue weighted by atomic mass is 10.2. The highest BCUT2D eigenvalue weighted by Crippen LogP contribution is 2.29. The van der Waals surface area contributed by atoms with Crippen LogP contribution >= 0.6 is 0 Å². The fraction of sp³-hybridized carbons (Fsp3) is 0.538. The molecular weight excluding hydrogens is 270 g/mol. The molecule has 0 aliphatic rings. The highest BCUT2D eigenvalue weighted by atomic mass is 16.5. The van der Waals surface area contributed by atoms with Crippen molar-refractivity contribution in [2.75, 3.05) is 13.2 Å². The van der Waals surface area contributed by atoms with Crippen molar-refractivity contribution in [2.24, 2.45) is 21.9 Å². The van der Waals surface area contributed by atoms with Crippen LogP contribution in [-0.2, 0) is 17.9 Å². The second-order valence-electron chi connectivity index (χ2n) is 4.66. The number of rotatable bonds is 6. The van der Waals surface area contributed by atoms with Crippen molar-refractivity contribution in [1.29, 1.82) is 0 Å². The van der Waals surface area contributed by atoms with Gasteiger partial charge in [0.05, 0.1) is 5.52 Å². The van der Waals surface area contributed by atoms with Gasteiger partial charge in [-0.3, -0.25) is 0 Å². The molecule has 114 valence electrons. The largest absolute Gasteiger partial charge is 0.374 e. The van der Waals surface area contributed by atoms with Crippen molar-refractivity contribution in [2.45, 2.75) is 33.9 Å². The van der Waals surface area contributed by atoms with Gasteiger partial charge in [0.25, 0.3) is 0 Å². The number of hydrogen-bond acceptors (Lipinski definition) is 6. The van der Waals surface area contributed by atoms with E-state index >= 15 is 0 Å². The van der Waals surface area contributed by atoms with E-state index in [1.807, 2.05) is 20.8 Å². The summed E-state index contributed by atoms with van der Waals surface area (Å²) >= 11 is 0. The zero-order valence-corrected chi connectivity index (χ0v) is 12.6. The van der Waals surface area contributed by atoms with E-state index in [2.05, 4.69) is 24.9 Å². The van der Waals surface area contributed by atoms with Crippen LogP contribution in [0.1, 0.15) is 24.0 Å². The Labute approximate surface area is 123 Å². The van der Waals surface area contributed by atoms with Gasteiger partial charge in [0, 0.05) is 25.4 Å². The van der Waals surface area contributed by atoms with Crippen LogP contribution in [0.5, 0.6) is 0 Å². The van der Waals surface area contributed by atoms with E-state index in [9.17, 15) is 0 Å². The minimum Gasteiger partial charge on any atom is -0.374 e. The lowest BCUT2D eigenvalue weighted by Crippen LogP contribution is -2.14. The molecule has 0 aliphatic carbocycles. The number of ether oxygens (including phenoxy) is 1. The molecule has 21 heavy (non-hydrogen) atoms. The van der Waals surface area contributed by atoms with Crippen molar-refractivity contribution >= 4 is 16.9 Å². The van der Waals surface area contributed by atoms with E-state index in [4.69, 9.17) is 16.3 Å². The minimum absolute atomic E-state index is 0.420. The maximum atomic E-state index is 5.73. The molecule has 0 radical (unpaired) electrons. The van der Waals surface area contributed by atoms with Crippen LogP contribution in [0.25, 0.3) is 11.0 Å². The maximum Gasteiger partial charge on any atom is 0.204 e. The molecule has 0 saturated carbocycles. The van der Waals surface area contributed by atoms with Gasteiger partial charge in [-0.15, -0.1) is 5.11 Å². The number of aromatic nitrogens is 3. The Balaban J connectivity index is 2.72. The Morgan fingerprint density at radius 3 is 2.67 bits per heavy atom. The SMILES string of the molecule is CCOCc1nc2c(N=NN)nc(C)c(C)c2n1CCN. The topological polar surface area (TPSA) is 117 Å². The predicted molar refractivity (Wildman–Crippen MR) is 80.1 cm³/mol. The third kappa shape index (κ3) is 2.86. The van der Waals surface area contributed by atoms with Crippen LogP contribution < -0.4 is 11.6 Å². The summed E-state index contributed by atoms with van der Waals surface area (Å²) in [5.41, 5.74) is 9.28. The van der Waals surface area contributed by atoms with E-state index in [1.54, 1.807) is 0 Å². The predicted octanol–water partition coefficient (Wildman–Crippen LogP) is 1.50. The van der Waals surface area contributed by atoms with E-state index in [1.165, 1.54) is 0 Å². The Bertz CT molecular complexity index is 662. The summed E-state index contributed by atoms with van der Waals surface area (Å²) in [5.74, 6) is 6.39. The summed E-state index contributed by atoms with van der Waals surface area (Å²) in [7, 11) is 0. The van der Waals surface area contributed by atoms with Gasteiger partial charge in [-0.05, 0) is 26.3 Å². The highest BCUT2D eigenvalue weighted by molar-refractivity contribution is 5.88. The number of aryl methyl sites for hydroxylation is 2. The summed E-state index contributed by atoms with van der Waals surface area (Å²) in [4.78, 5) is 9.00. The molecule has 0 spiro atoms. The van der Waals surface area contributed by atoms with Crippen molar-refractivity contribution in [3.8, 4) is 0 Å². The molecule has 0 bridgehead atoms. The molecule has 2 rings (SSSR count). The molecule has 8 heteroatoms. The van der Waals surface area contributed by atoms with Gasteiger partial charge >= 0.3 is 0 Å². The Kier molecular flexibility index (Phi) is 4.81. The monoisotopic (exact) mass is 291 g/mol. The molecule has 0 amide bonds. The average Bonchev–Trinajstić information content (AvgIpc) is 2.82. The van der Waals surface area contributed by atoms with Crippen molar-refractivity contribution in [1.82, 2.24) is 14.5 Å². The molecule has 2 aromatic heterocycles. The van der Waals surface area contributed by atoms with Gasteiger partial charge in [0.15, 0.2) is 0 Å². The van der Waals surface area contributed by atoms with E-state index < -0.39 is 0 Å². The molecule has 0 saturated heterocycles. The Hall–Kier alpha value is -2.06. The number of imidazole rings is 1. The molecule has 0 fully saturated rings. The summed E-state index contributed by atoms with van der Waals surface area (Å²) in [6, 6.07) is 0. The van der Waals surface area contributed by atoms with E-state index in [-0.39, 0.29) is 0 Å². The summed E-state index contributed by atoms with van der Waals surface area (Å²) in [6.07, 6.45) is 0. The van der Waals surface area contributed by atoms with Crippen LogP contribution in [0, 0.1) is 13.8 Å². The van der Waals surface area contributed by atoms with Gasteiger partial charge in [-0.25, -0.2) is 9.97 Å². The molecule has 0 unspecified atom stereocenters. The standard InChI is InChI=1S/C13H21N7O/c1-4-21-7-10-17-11-12(20(10)6-5-14)8(2)9(3)16-13(11)18-19-15/h4-7,14H2,1-3H3,(H2,15,16,18). The van der Waals surface area contributed by atoms with Gasteiger partial charge in [-0.2, -0.15) is 0 Å². The second kappa shape index (κ2) is 6.59. The molecular formula is C13H21N7O. The molecule has 0 aromatic carbocycles. The minimum atomic E-state index is 0.420. The van der Waals surface area contributed by atoms with Crippen LogP contribution in [0.15, 0.2) is 10.3 Å². The molecule has 2 aromatic rings. The lowest BCUT2D eigenvalue weighted by molar-refractivity contribution is 0.126. The normalized spacial score (nSPS) is 11.8.